The van der Waals surface area contributed by atoms with Crippen molar-refractivity contribution in [1.82, 2.24) is 10.2 Å². The molecule has 0 radical (unpaired) electrons. The highest BCUT2D eigenvalue weighted by Crippen LogP contribution is 2.48. The van der Waals surface area contributed by atoms with E-state index < -0.39 is 11.7 Å². The average Bonchev–Trinajstić information content (AvgIpc) is 3.47. The monoisotopic (exact) mass is 390 g/mol. The highest BCUT2D eigenvalue weighted by molar-refractivity contribution is 5.94. The number of benzene rings is 2. The molecule has 2 amide bonds. The van der Waals surface area contributed by atoms with E-state index in [1.54, 1.807) is 43.3 Å². The molecule has 0 heterocycles. The molecule has 4 nitrogen and oxygen atoms in total. The first kappa shape index (κ1) is 19.9. The molecule has 3 rings (SSSR count). The van der Waals surface area contributed by atoms with Gasteiger partial charge in [-0.2, -0.15) is 13.2 Å². The fraction of sp³-hybridized carbons (Fsp3) is 0.333. The summed E-state index contributed by atoms with van der Waals surface area (Å²) in [6.07, 6.45) is -3.71. The van der Waals surface area contributed by atoms with Gasteiger partial charge in [0, 0.05) is 32.1 Å². The van der Waals surface area contributed by atoms with E-state index in [0.29, 0.717) is 18.5 Å². The number of rotatable bonds is 5. The highest BCUT2D eigenvalue weighted by Gasteiger charge is 2.45. The Morgan fingerprint density at radius 1 is 1.07 bits per heavy atom. The van der Waals surface area contributed by atoms with Gasteiger partial charge >= 0.3 is 6.18 Å². The number of carbonyl (C=O) groups excluding carboxylic acids is 2. The Labute approximate surface area is 161 Å². The van der Waals surface area contributed by atoms with Crippen molar-refractivity contribution in [2.75, 3.05) is 14.1 Å². The lowest BCUT2D eigenvalue weighted by molar-refractivity contribution is -0.137. The molecule has 0 aromatic heterocycles. The van der Waals surface area contributed by atoms with Crippen molar-refractivity contribution >= 4 is 11.8 Å². The van der Waals surface area contributed by atoms with Crippen LogP contribution in [0.1, 0.15) is 39.4 Å². The molecular formula is C21H21F3N2O2. The van der Waals surface area contributed by atoms with E-state index in [1.807, 2.05) is 0 Å². The van der Waals surface area contributed by atoms with Gasteiger partial charge in [-0.05, 0) is 47.7 Å². The van der Waals surface area contributed by atoms with Crippen molar-refractivity contribution in [3.05, 3.63) is 70.8 Å². The van der Waals surface area contributed by atoms with Crippen LogP contribution in [0.2, 0.25) is 0 Å². The minimum atomic E-state index is -4.36. The number of carbonyl (C=O) groups is 2. The zero-order valence-electron chi connectivity index (χ0n) is 15.6. The van der Waals surface area contributed by atoms with Crippen LogP contribution in [0.15, 0.2) is 48.5 Å². The molecule has 1 aliphatic rings. The van der Waals surface area contributed by atoms with Gasteiger partial charge in [-0.1, -0.05) is 24.3 Å². The van der Waals surface area contributed by atoms with Crippen molar-refractivity contribution in [2.45, 2.75) is 25.1 Å². The van der Waals surface area contributed by atoms with Crippen LogP contribution < -0.4 is 5.32 Å². The maximum atomic E-state index is 12.7. The molecule has 2 aromatic rings. The smallest absolute Gasteiger partial charge is 0.355 e. The topological polar surface area (TPSA) is 49.4 Å². The van der Waals surface area contributed by atoms with E-state index in [9.17, 15) is 22.8 Å². The number of hydrogen-bond acceptors (Lipinski definition) is 2. The average molecular weight is 390 g/mol. The lowest BCUT2D eigenvalue weighted by Crippen LogP contribution is -2.28. The Balaban J connectivity index is 1.58. The number of hydrogen-bond donors (Lipinski definition) is 1. The van der Waals surface area contributed by atoms with Gasteiger partial charge in [-0.3, -0.25) is 9.59 Å². The van der Waals surface area contributed by atoms with Gasteiger partial charge in [0.1, 0.15) is 0 Å². The van der Waals surface area contributed by atoms with Gasteiger partial charge in [0.05, 0.1) is 5.56 Å². The SMILES string of the molecule is CNC(=O)c1ccc(CN(C)C(=O)C2CC2c2ccc(C(F)(F)F)cc2)cc1. The highest BCUT2D eigenvalue weighted by atomic mass is 19.4. The Hall–Kier alpha value is -2.83. The fourth-order valence-corrected chi connectivity index (χ4v) is 3.30. The molecule has 148 valence electrons. The second-order valence-electron chi connectivity index (χ2n) is 7.04. The molecule has 1 aliphatic carbocycles. The summed E-state index contributed by atoms with van der Waals surface area (Å²) in [5.41, 5.74) is 1.52. The third-order valence-electron chi connectivity index (χ3n) is 5.01. The van der Waals surface area contributed by atoms with Crippen LogP contribution in [0.3, 0.4) is 0 Å². The summed E-state index contributed by atoms with van der Waals surface area (Å²) in [4.78, 5) is 25.8. The number of amides is 2. The summed E-state index contributed by atoms with van der Waals surface area (Å²) in [5, 5.41) is 2.55. The van der Waals surface area contributed by atoms with Gasteiger partial charge < -0.3 is 10.2 Å². The van der Waals surface area contributed by atoms with Crippen molar-refractivity contribution in [3.63, 3.8) is 0 Å². The van der Waals surface area contributed by atoms with Crippen molar-refractivity contribution in [2.24, 2.45) is 5.92 Å². The molecule has 28 heavy (non-hydrogen) atoms. The normalized spacial score (nSPS) is 18.5. The zero-order valence-corrected chi connectivity index (χ0v) is 15.6. The van der Waals surface area contributed by atoms with E-state index in [-0.39, 0.29) is 23.7 Å². The molecule has 1 saturated carbocycles. The zero-order chi connectivity index (χ0) is 20.5. The van der Waals surface area contributed by atoms with E-state index >= 15 is 0 Å². The molecule has 1 fully saturated rings. The van der Waals surface area contributed by atoms with Crippen LogP contribution in [0, 0.1) is 5.92 Å². The van der Waals surface area contributed by atoms with Gasteiger partial charge in [-0.15, -0.1) is 0 Å². The second-order valence-corrected chi connectivity index (χ2v) is 7.04. The third-order valence-corrected chi connectivity index (χ3v) is 5.01. The van der Waals surface area contributed by atoms with E-state index in [1.165, 1.54) is 12.1 Å². The van der Waals surface area contributed by atoms with Gasteiger partial charge in [0.25, 0.3) is 5.91 Å². The van der Waals surface area contributed by atoms with Crippen LogP contribution in [-0.2, 0) is 17.5 Å². The quantitative estimate of drug-likeness (QED) is 0.844. The van der Waals surface area contributed by atoms with E-state index in [4.69, 9.17) is 0 Å². The van der Waals surface area contributed by atoms with Crippen molar-refractivity contribution in [3.8, 4) is 0 Å². The van der Waals surface area contributed by atoms with Crippen LogP contribution in [-0.4, -0.2) is 30.8 Å². The fourth-order valence-electron chi connectivity index (χ4n) is 3.30. The molecule has 1 N–H and O–H groups in total. The molecule has 2 atom stereocenters. The Morgan fingerprint density at radius 2 is 1.68 bits per heavy atom. The number of nitrogens with one attached hydrogen (secondary N) is 1. The summed E-state index contributed by atoms with van der Waals surface area (Å²) in [6.45, 7) is 0.406. The second kappa shape index (κ2) is 7.66. The largest absolute Gasteiger partial charge is 0.416 e. The van der Waals surface area contributed by atoms with Crippen molar-refractivity contribution in [1.29, 1.82) is 0 Å². The maximum Gasteiger partial charge on any atom is 0.416 e. The van der Waals surface area contributed by atoms with E-state index in [2.05, 4.69) is 5.32 Å². The lowest BCUT2D eigenvalue weighted by atomic mass is 10.1. The first-order valence-electron chi connectivity index (χ1n) is 8.94. The standard InChI is InChI=1S/C21H21F3N2O2/c1-25-19(27)15-5-3-13(4-6-15)12-26(2)20(28)18-11-17(18)14-7-9-16(10-8-14)21(22,23)24/h3-10,17-18H,11-12H2,1-2H3,(H,25,27). The Morgan fingerprint density at radius 3 is 2.21 bits per heavy atom. The van der Waals surface area contributed by atoms with Gasteiger partial charge in [0.15, 0.2) is 0 Å². The molecule has 2 aromatic carbocycles. The Bertz CT molecular complexity index is 861. The summed E-state index contributed by atoms with van der Waals surface area (Å²) in [6, 6.07) is 12.0. The summed E-state index contributed by atoms with van der Waals surface area (Å²) >= 11 is 0. The van der Waals surface area contributed by atoms with Gasteiger partial charge in [0.2, 0.25) is 5.91 Å². The molecule has 0 spiro atoms. The predicted molar refractivity (Wildman–Crippen MR) is 98.6 cm³/mol. The van der Waals surface area contributed by atoms with Crippen LogP contribution in [0.25, 0.3) is 0 Å². The van der Waals surface area contributed by atoms with Crippen LogP contribution in [0.5, 0.6) is 0 Å². The van der Waals surface area contributed by atoms with E-state index in [0.717, 1.165) is 23.3 Å². The summed E-state index contributed by atoms with van der Waals surface area (Å²) in [7, 11) is 3.27. The lowest BCUT2D eigenvalue weighted by Gasteiger charge is -2.18. The van der Waals surface area contributed by atoms with Crippen LogP contribution in [0.4, 0.5) is 13.2 Å². The number of alkyl halides is 3. The maximum absolute atomic E-state index is 12.7. The molecule has 0 aliphatic heterocycles. The molecular weight excluding hydrogens is 369 g/mol. The molecule has 0 saturated heterocycles. The Kier molecular flexibility index (Phi) is 5.45. The molecule has 7 heteroatoms. The molecule has 2 unspecified atom stereocenters. The summed E-state index contributed by atoms with van der Waals surface area (Å²) < 4.78 is 38.0. The number of halogens is 3. The van der Waals surface area contributed by atoms with Gasteiger partial charge in [-0.25, -0.2) is 0 Å². The minimum Gasteiger partial charge on any atom is -0.355 e. The first-order valence-corrected chi connectivity index (χ1v) is 8.94. The number of nitrogens with zero attached hydrogens (tertiary/aromatic N) is 1. The third kappa shape index (κ3) is 4.35. The summed E-state index contributed by atoms with van der Waals surface area (Å²) in [5.74, 6) is -0.437. The van der Waals surface area contributed by atoms with Crippen LogP contribution >= 0.6 is 0 Å². The molecule has 0 bridgehead atoms. The predicted octanol–water partition coefficient (Wildman–Crippen LogP) is 3.83. The first-order chi connectivity index (χ1) is 13.2. The minimum absolute atomic E-state index is 0.0275. The van der Waals surface area contributed by atoms with Crippen molar-refractivity contribution < 1.29 is 22.8 Å².